The lowest BCUT2D eigenvalue weighted by Gasteiger charge is -2.13. The summed E-state index contributed by atoms with van der Waals surface area (Å²) in [4.78, 5) is 0. The SMILES string of the molecule is NCc1c(Br)cccc1Oc1cc(Cl)c(Cl)cc1Cl. The lowest BCUT2D eigenvalue weighted by atomic mass is 10.2. The van der Waals surface area contributed by atoms with Gasteiger partial charge < -0.3 is 10.5 Å². The first-order valence-corrected chi connectivity index (χ1v) is 7.25. The zero-order valence-electron chi connectivity index (χ0n) is 9.59. The van der Waals surface area contributed by atoms with Gasteiger partial charge in [0.15, 0.2) is 0 Å². The molecule has 6 heteroatoms. The van der Waals surface area contributed by atoms with Crippen LogP contribution in [0.4, 0.5) is 0 Å². The molecule has 0 unspecified atom stereocenters. The van der Waals surface area contributed by atoms with Gasteiger partial charge in [-0.25, -0.2) is 0 Å². The van der Waals surface area contributed by atoms with E-state index in [1.165, 1.54) is 0 Å². The predicted octanol–water partition coefficient (Wildman–Crippen LogP) is 5.66. The monoisotopic (exact) mass is 379 g/mol. The third-order valence-corrected chi connectivity index (χ3v) is 4.24. The Kier molecular flexibility index (Phi) is 4.98. The summed E-state index contributed by atoms with van der Waals surface area (Å²) in [5, 5.41) is 1.15. The molecule has 0 atom stereocenters. The number of benzene rings is 2. The summed E-state index contributed by atoms with van der Waals surface area (Å²) in [5.41, 5.74) is 6.56. The second-order valence-corrected chi connectivity index (χ2v) is 5.80. The van der Waals surface area contributed by atoms with Crippen molar-refractivity contribution in [2.45, 2.75) is 6.54 Å². The van der Waals surface area contributed by atoms with Crippen LogP contribution in [-0.4, -0.2) is 0 Å². The molecule has 0 saturated heterocycles. The first-order valence-electron chi connectivity index (χ1n) is 5.32. The quantitative estimate of drug-likeness (QED) is 0.696. The molecule has 2 nitrogen and oxygen atoms in total. The Labute approximate surface area is 134 Å². The number of hydrogen-bond donors (Lipinski definition) is 1. The summed E-state index contributed by atoms with van der Waals surface area (Å²) in [6.07, 6.45) is 0. The van der Waals surface area contributed by atoms with Crippen molar-refractivity contribution in [3.63, 3.8) is 0 Å². The van der Waals surface area contributed by atoms with Crippen molar-refractivity contribution in [2.24, 2.45) is 5.73 Å². The average Bonchev–Trinajstić information content (AvgIpc) is 2.36. The minimum absolute atomic E-state index is 0.343. The maximum atomic E-state index is 6.08. The van der Waals surface area contributed by atoms with Crippen LogP contribution in [0.3, 0.4) is 0 Å². The molecule has 2 aromatic rings. The summed E-state index contributed by atoms with van der Waals surface area (Å²) in [6, 6.07) is 8.68. The van der Waals surface area contributed by atoms with Crippen LogP contribution >= 0.6 is 50.7 Å². The fraction of sp³-hybridized carbons (Fsp3) is 0.0769. The minimum atomic E-state index is 0.343. The highest BCUT2D eigenvalue weighted by Crippen LogP contribution is 2.38. The number of nitrogens with two attached hydrogens (primary N) is 1. The van der Waals surface area contributed by atoms with Crippen molar-refractivity contribution in [1.29, 1.82) is 0 Å². The fourth-order valence-electron chi connectivity index (χ4n) is 1.53. The van der Waals surface area contributed by atoms with Gasteiger partial charge in [-0.15, -0.1) is 0 Å². The van der Waals surface area contributed by atoms with Gasteiger partial charge in [-0.3, -0.25) is 0 Å². The summed E-state index contributed by atoms with van der Waals surface area (Å²) in [6.45, 7) is 0.343. The van der Waals surface area contributed by atoms with Crippen molar-refractivity contribution < 1.29 is 4.74 Å². The van der Waals surface area contributed by atoms with Gasteiger partial charge in [0.2, 0.25) is 0 Å². The number of hydrogen-bond acceptors (Lipinski definition) is 2. The maximum Gasteiger partial charge on any atom is 0.147 e. The van der Waals surface area contributed by atoms with E-state index >= 15 is 0 Å². The number of rotatable bonds is 3. The van der Waals surface area contributed by atoms with E-state index in [9.17, 15) is 0 Å². The molecule has 0 radical (unpaired) electrons. The molecule has 100 valence electrons. The summed E-state index contributed by atoms with van der Waals surface area (Å²) >= 11 is 21.3. The first-order chi connectivity index (χ1) is 9.02. The average molecular weight is 381 g/mol. The predicted molar refractivity (Wildman–Crippen MR) is 83.6 cm³/mol. The van der Waals surface area contributed by atoms with E-state index < -0.39 is 0 Å². The molecule has 0 aliphatic heterocycles. The lowest BCUT2D eigenvalue weighted by molar-refractivity contribution is 0.476. The van der Waals surface area contributed by atoms with E-state index in [0.29, 0.717) is 33.1 Å². The Bertz CT molecular complexity index is 619. The molecule has 0 heterocycles. The van der Waals surface area contributed by atoms with Gasteiger partial charge in [-0.2, -0.15) is 0 Å². The molecular weight excluding hydrogens is 372 g/mol. The molecule has 0 aromatic heterocycles. The molecule has 0 aliphatic carbocycles. The summed E-state index contributed by atoms with van der Waals surface area (Å²) in [7, 11) is 0. The standard InChI is InChI=1S/C13H9BrCl3NO/c14-8-2-1-3-12(7(8)6-18)19-13-5-10(16)9(15)4-11(13)17/h1-5H,6,18H2. The second-order valence-electron chi connectivity index (χ2n) is 3.72. The smallest absolute Gasteiger partial charge is 0.147 e. The Morgan fingerprint density at radius 3 is 2.37 bits per heavy atom. The largest absolute Gasteiger partial charge is 0.455 e. The first kappa shape index (κ1) is 14.9. The van der Waals surface area contributed by atoms with Crippen LogP contribution in [0.5, 0.6) is 11.5 Å². The van der Waals surface area contributed by atoms with Gasteiger partial charge in [0, 0.05) is 22.6 Å². The van der Waals surface area contributed by atoms with Crippen LogP contribution < -0.4 is 10.5 Å². The van der Waals surface area contributed by atoms with Gasteiger partial charge >= 0.3 is 0 Å². The third-order valence-electron chi connectivity index (χ3n) is 2.47. The van der Waals surface area contributed by atoms with E-state index in [1.54, 1.807) is 12.1 Å². The van der Waals surface area contributed by atoms with Gasteiger partial charge in [-0.05, 0) is 18.2 Å². The van der Waals surface area contributed by atoms with Crippen molar-refractivity contribution in [2.75, 3.05) is 0 Å². The minimum Gasteiger partial charge on any atom is -0.455 e. The number of ether oxygens (including phenoxy) is 1. The van der Waals surface area contributed by atoms with Crippen molar-refractivity contribution in [1.82, 2.24) is 0 Å². The van der Waals surface area contributed by atoms with Crippen LogP contribution in [0.15, 0.2) is 34.8 Å². The molecule has 0 bridgehead atoms. The Hall–Kier alpha value is -0.450. The Morgan fingerprint density at radius 2 is 1.68 bits per heavy atom. The molecule has 0 amide bonds. The molecular formula is C13H9BrCl3NO. The second kappa shape index (κ2) is 6.33. The zero-order valence-corrected chi connectivity index (χ0v) is 13.4. The van der Waals surface area contributed by atoms with Gasteiger partial charge in [0.25, 0.3) is 0 Å². The summed E-state index contributed by atoms with van der Waals surface area (Å²) < 4.78 is 6.64. The van der Waals surface area contributed by atoms with Crippen molar-refractivity contribution in [3.05, 3.63) is 55.4 Å². The van der Waals surface area contributed by atoms with E-state index in [1.807, 2.05) is 18.2 Å². The topological polar surface area (TPSA) is 35.2 Å². The molecule has 19 heavy (non-hydrogen) atoms. The highest BCUT2D eigenvalue weighted by atomic mass is 79.9. The van der Waals surface area contributed by atoms with Gasteiger partial charge in [-0.1, -0.05) is 56.8 Å². The fourth-order valence-corrected chi connectivity index (χ4v) is 2.62. The van der Waals surface area contributed by atoms with Crippen molar-refractivity contribution in [3.8, 4) is 11.5 Å². The molecule has 2 rings (SSSR count). The summed E-state index contributed by atoms with van der Waals surface area (Å²) in [5.74, 6) is 1.06. The Balaban J connectivity index is 2.42. The highest BCUT2D eigenvalue weighted by molar-refractivity contribution is 9.10. The number of halogens is 4. The molecule has 0 fully saturated rings. The van der Waals surface area contributed by atoms with E-state index in [-0.39, 0.29) is 0 Å². The normalized spacial score (nSPS) is 10.6. The van der Waals surface area contributed by atoms with Crippen LogP contribution in [0.2, 0.25) is 15.1 Å². The third kappa shape index (κ3) is 3.36. The lowest BCUT2D eigenvalue weighted by Crippen LogP contribution is -2.00. The van der Waals surface area contributed by atoms with E-state index in [2.05, 4.69) is 15.9 Å². The van der Waals surface area contributed by atoms with Crippen LogP contribution in [0.1, 0.15) is 5.56 Å². The van der Waals surface area contributed by atoms with Crippen LogP contribution in [-0.2, 0) is 6.54 Å². The Morgan fingerprint density at radius 1 is 1.00 bits per heavy atom. The zero-order chi connectivity index (χ0) is 14.0. The molecule has 2 N–H and O–H groups in total. The van der Waals surface area contributed by atoms with E-state index in [4.69, 9.17) is 45.3 Å². The van der Waals surface area contributed by atoms with Gasteiger partial charge in [0.1, 0.15) is 11.5 Å². The maximum absolute atomic E-state index is 6.08. The van der Waals surface area contributed by atoms with Gasteiger partial charge in [0.05, 0.1) is 15.1 Å². The van der Waals surface area contributed by atoms with Crippen LogP contribution in [0, 0.1) is 0 Å². The van der Waals surface area contributed by atoms with Crippen molar-refractivity contribution >= 4 is 50.7 Å². The highest BCUT2D eigenvalue weighted by Gasteiger charge is 2.11. The molecule has 0 spiro atoms. The molecule has 2 aromatic carbocycles. The molecule has 0 aliphatic rings. The van der Waals surface area contributed by atoms with Crippen LogP contribution in [0.25, 0.3) is 0 Å². The molecule has 0 saturated carbocycles. The van der Waals surface area contributed by atoms with E-state index in [0.717, 1.165) is 10.0 Å².